The van der Waals surface area contributed by atoms with Crippen LogP contribution in [-0.2, 0) is 30.4 Å². The molecule has 0 aliphatic carbocycles. The highest BCUT2D eigenvalue weighted by Crippen LogP contribution is 2.30. The molecule has 8 nitrogen and oxygen atoms in total. The molecular weight excluding hydrogens is 620 g/mol. The number of aryl methyl sites for hydroxylation is 2. The highest BCUT2D eigenvalue weighted by atomic mass is 35.5. The Morgan fingerprint density at radius 1 is 0.771 bits per heavy atom. The number of amides is 1. The van der Waals surface area contributed by atoms with E-state index in [0.29, 0.717) is 38.0 Å². The molecule has 2 saturated heterocycles. The van der Waals surface area contributed by atoms with Crippen LogP contribution in [-0.4, -0.2) is 69.0 Å². The zero-order valence-electron chi connectivity index (χ0n) is 30.9. The summed E-state index contributed by atoms with van der Waals surface area (Å²) in [6, 6.07) is 13.7. The van der Waals surface area contributed by atoms with Crippen molar-refractivity contribution in [3.05, 3.63) is 57.6 Å². The lowest BCUT2D eigenvalue weighted by Crippen LogP contribution is -2.50. The fourth-order valence-corrected chi connectivity index (χ4v) is 6.36. The van der Waals surface area contributed by atoms with Crippen LogP contribution >= 0.6 is 12.4 Å². The predicted octanol–water partition coefficient (Wildman–Crippen LogP) is 7.53. The number of rotatable bonds is 8. The van der Waals surface area contributed by atoms with Crippen LogP contribution in [0.3, 0.4) is 0 Å². The summed E-state index contributed by atoms with van der Waals surface area (Å²) in [5, 5.41) is 22.7. The van der Waals surface area contributed by atoms with E-state index in [2.05, 4.69) is 93.1 Å². The molecule has 4 rings (SSSR count). The van der Waals surface area contributed by atoms with Gasteiger partial charge >= 0.3 is 6.09 Å². The third-order valence-corrected chi connectivity index (χ3v) is 8.52. The maximum absolute atomic E-state index is 12.3. The molecule has 9 heteroatoms. The molecular formula is C39H59ClN6O2. The van der Waals surface area contributed by atoms with Gasteiger partial charge in [0.1, 0.15) is 17.7 Å². The summed E-state index contributed by atoms with van der Waals surface area (Å²) in [6.07, 6.45) is 3.60. The molecule has 0 bridgehead atoms. The van der Waals surface area contributed by atoms with Crippen molar-refractivity contribution < 1.29 is 9.53 Å². The summed E-state index contributed by atoms with van der Waals surface area (Å²) >= 11 is 0. The Morgan fingerprint density at radius 2 is 1.19 bits per heavy atom. The number of carbonyl (C=O) groups excluding carboxylic acids is 1. The van der Waals surface area contributed by atoms with E-state index in [-0.39, 0.29) is 18.5 Å². The highest BCUT2D eigenvalue weighted by Gasteiger charge is 2.27. The fourth-order valence-electron chi connectivity index (χ4n) is 6.36. The first-order valence-electron chi connectivity index (χ1n) is 17.6. The van der Waals surface area contributed by atoms with Gasteiger partial charge in [-0.3, -0.25) is 0 Å². The first-order valence-corrected chi connectivity index (χ1v) is 17.6. The van der Waals surface area contributed by atoms with Crippen LogP contribution in [0.2, 0.25) is 0 Å². The molecule has 264 valence electrons. The lowest BCUT2D eigenvalue weighted by atomic mass is 9.95. The zero-order chi connectivity index (χ0) is 34.7. The number of halogens is 1. The minimum absolute atomic E-state index is 0. The first-order chi connectivity index (χ1) is 22.3. The molecule has 1 amide bonds. The largest absolute Gasteiger partial charge is 0.444 e. The second-order valence-electron chi connectivity index (χ2n) is 14.6. The Morgan fingerprint density at radius 3 is 1.54 bits per heavy atom. The van der Waals surface area contributed by atoms with E-state index in [1.54, 1.807) is 4.90 Å². The first kappa shape index (κ1) is 40.7. The van der Waals surface area contributed by atoms with Gasteiger partial charge in [-0.25, -0.2) is 4.79 Å². The van der Waals surface area contributed by atoms with Gasteiger partial charge in [-0.2, -0.15) is 10.5 Å². The minimum Gasteiger partial charge on any atom is -0.444 e. The Bertz CT molecular complexity index is 1420. The Kier molecular flexibility index (Phi) is 16.0. The van der Waals surface area contributed by atoms with Crippen LogP contribution in [0.15, 0.2) is 24.3 Å². The van der Waals surface area contributed by atoms with Crippen molar-refractivity contribution in [3.8, 4) is 12.1 Å². The van der Waals surface area contributed by atoms with Gasteiger partial charge in [0.2, 0.25) is 0 Å². The normalized spacial score (nSPS) is 14.9. The molecule has 2 aliphatic heterocycles. The van der Waals surface area contributed by atoms with Gasteiger partial charge in [-0.05, 0) is 92.7 Å². The Labute approximate surface area is 296 Å². The summed E-state index contributed by atoms with van der Waals surface area (Å²) in [5.74, 6) is 1.21. The molecule has 2 aromatic rings. The monoisotopic (exact) mass is 678 g/mol. The summed E-state index contributed by atoms with van der Waals surface area (Å²) in [4.78, 5) is 18.6. The quantitative estimate of drug-likeness (QED) is 0.308. The van der Waals surface area contributed by atoms with Crippen molar-refractivity contribution in [2.45, 2.75) is 93.6 Å². The van der Waals surface area contributed by atoms with Crippen LogP contribution in [0, 0.1) is 34.5 Å². The molecule has 2 heterocycles. The summed E-state index contributed by atoms with van der Waals surface area (Å²) < 4.78 is 5.48. The van der Waals surface area contributed by atoms with Crippen molar-refractivity contribution in [2.75, 3.05) is 62.2 Å². The molecule has 0 saturated carbocycles. The smallest absolute Gasteiger partial charge is 0.410 e. The lowest BCUT2D eigenvalue weighted by molar-refractivity contribution is 0.0240. The zero-order valence-corrected chi connectivity index (χ0v) is 31.7. The number of nitriles is 2. The van der Waals surface area contributed by atoms with Crippen molar-refractivity contribution >= 4 is 29.9 Å². The number of carbonyl (C=O) groups is 1. The second-order valence-corrected chi connectivity index (χ2v) is 14.6. The van der Waals surface area contributed by atoms with Crippen LogP contribution in [0.1, 0.15) is 95.7 Å². The number of nitrogens with zero attached hydrogens (tertiary/aromatic N) is 5. The van der Waals surface area contributed by atoms with Crippen LogP contribution in [0.5, 0.6) is 0 Å². The van der Waals surface area contributed by atoms with Crippen molar-refractivity contribution in [1.82, 2.24) is 10.2 Å². The summed E-state index contributed by atoms with van der Waals surface area (Å²) in [7, 11) is 0. The van der Waals surface area contributed by atoms with Gasteiger partial charge in [0, 0.05) is 52.4 Å². The minimum atomic E-state index is -0.483. The van der Waals surface area contributed by atoms with Gasteiger partial charge in [0.05, 0.1) is 22.5 Å². The number of piperazine rings is 2. The number of nitrogens with one attached hydrogen (secondary N) is 1. The van der Waals surface area contributed by atoms with Gasteiger partial charge in [0.25, 0.3) is 0 Å². The highest BCUT2D eigenvalue weighted by molar-refractivity contribution is 5.85. The molecule has 0 spiro atoms. The number of hydrogen-bond donors (Lipinski definition) is 1. The molecule has 1 N–H and O–H groups in total. The van der Waals surface area contributed by atoms with Gasteiger partial charge in [-0.1, -0.05) is 53.7 Å². The van der Waals surface area contributed by atoms with Crippen molar-refractivity contribution in [1.29, 1.82) is 10.5 Å². The summed E-state index contributed by atoms with van der Waals surface area (Å²) in [6.45, 7) is 25.4. The van der Waals surface area contributed by atoms with Gasteiger partial charge < -0.3 is 24.8 Å². The number of benzene rings is 2. The third-order valence-electron chi connectivity index (χ3n) is 8.52. The van der Waals surface area contributed by atoms with Crippen molar-refractivity contribution in [2.24, 2.45) is 11.8 Å². The maximum Gasteiger partial charge on any atom is 0.410 e. The molecule has 2 fully saturated rings. The van der Waals surface area contributed by atoms with E-state index in [4.69, 9.17) is 4.74 Å². The molecule has 2 aliphatic rings. The predicted molar refractivity (Wildman–Crippen MR) is 201 cm³/mol. The van der Waals surface area contributed by atoms with E-state index in [1.165, 1.54) is 16.7 Å². The topological polar surface area (TPSA) is 95.6 Å². The molecule has 0 unspecified atom stereocenters. The molecule has 0 aromatic heterocycles. The number of hydrogen-bond acceptors (Lipinski definition) is 7. The van der Waals surface area contributed by atoms with E-state index in [9.17, 15) is 15.3 Å². The van der Waals surface area contributed by atoms with E-state index >= 15 is 0 Å². The summed E-state index contributed by atoms with van der Waals surface area (Å²) in [5.41, 5.74) is 8.27. The maximum atomic E-state index is 12.3. The van der Waals surface area contributed by atoms with E-state index < -0.39 is 5.60 Å². The van der Waals surface area contributed by atoms with E-state index in [0.717, 1.165) is 79.9 Å². The van der Waals surface area contributed by atoms with Crippen LogP contribution < -0.4 is 15.1 Å². The van der Waals surface area contributed by atoms with Crippen LogP contribution in [0.4, 0.5) is 16.2 Å². The second kappa shape index (κ2) is 18.9. The van der Waals surface area contributed by atoms with Crippen molar-refractivity contribution in [3.63, 3.8) is 0 Å². The fraction of sp³-hybridized carbons (Fsp3) is 0.615. The van der Waals surface area contributed by atoms with Gasteiger partial charge in [-0.15, -0.1) is 12.4 Å². The Balaban J connectivity index is 0.000000340. The molecule has 2 aromatic carbocycles. The molecule has 0 atom stereocenters. The van der Waals surface area contributed by atoms with Crippen LogP contribution in [0.25, 0.3) is 0 Å². The average Bonchev–Trinajstić information content (AvgIpc) is 3.03. The standard InChI is InChI=1S/C22H33N3O2.C17H25N3.ClH/c1-7-18-13-17(12-16(2)3)14-20(19(18)15-23)24-8-10-25(11-9-24)21(26)27-22(4,5)6;1-4-15-10-14(9-13(2)3)11-17(16(15)12-18)20-7-5-19-6-8-20;/h13-14,16H,7-12H2,1-6H3;10-11,13,19H,4-9H2,1-3H3;1H. The molecule has 0 radical (unpaired) electrons. The van der Waals surface area contributed by atoms with E-state index in [1.807, 2.05) is 20.8 Å². The number of ether oxygens (including phenoxy) is 1. The molecule has 48 heavy (non-hydrogen) atoms. The third kappa shape index (κ3) is 11.6. The SMILES string of the molecule is CCc1cc(CC(C)C)cc(N2CCN(C(=O)OC(C)(C)C)CC2)c1C#N.CCc1cc(CC(C)C)cc(N2CCNCC2)c1C#N.Cl. The average molecular weight is 679 g/mol. The lowest BCUT2D eigenvalue weighted by Gasteiger charge is -2.37. The number of anilines is 2. The Hall–Kier alpha value is -3.46. The van der Waals surface area contributed by atoms with Gasteiger partial charge in [0.15, 0.2) is 0 Å².